The minimum atomic E-state index is 0.456. The number of rotatable bonds is 4. The average Bonchev–Trinajstić information content (AvgIpc) is 2.18. The summed E-state index contributed by atoms with van der Waals surface area (Å²) in [5.74, 6) is 1.83. The maximum Gasteiger partial charge on any atom is 0.0978 e. The van der Waals surface area contributed by atoms with Crippen LogP contribution in [0.1, 0.15) is 46.0 Å². The fourth-order valence-electron chi connectivity index (χ4n) is 2.26. The third-order valence-corrected chi connectivity index (χ3v) is 3.46. The lowest BCUT2D eigenvalue weighted by atomic mass is 9.79. The molecule has 0 aromatic carbocycles. The van der Waals surface area contributed by atoms with E-state index in [1.807, 2.05) is 0 Å². The quantitative estimate of drug-likeness (QED) is 0.602. The lowest BCUT2D eigenvalue weighted by molar-refractivity contribution is 0.0763. The van der Waals surface area contributed by atoms with Crippen LogP contribution in [0.15, 0.2) is 12.8 Å². The molecular weight excluding hydrogens is 160 g/mol. The van der Waals surface area contributed by atoms with Crippen molar-refractivity contribution in [1.82, 2.24) is 0 Å². The zero-order valence-electron chi connectivity index (χ0n) is 8.96. The first-order chi connectivity index (χ1) is 6.27. The Balaban J connectivity index is 2.25. The standard InChI is InChI=1S/C12H22O/c1-4-10(3)11-6-8-12(9-7-11)13-5-2/h5,10-12H,2,4,6-9H2,1,3H3. The summed E-state index contributed by atoms with van der Waals surface area (Å²) in [6.07, 6.45) is 8.49. The second kappa shape index (κ2) is 5.31. The maximum atomic E-state index is 5.41. The van der Waals surface area contributed by atoms with Crippen molar-refractivity contribution in [2.45, 2.75) is 52.1 Å². The molecule has 1 nitrogen and oxygen atoms in total. The topological polar surface area (TPSA) is 9.23 Å². The summed E-state index contributed by atoms with van der Waals surface area (Å²) in [5, 5.41) is 0. The van der Waals surface area contributed by atoms with Crippen LogP contribution in [-0.2, 0) is 4.74 Å². The molecule has 1 heteroatoms. The van der Waals surface area contributed by atoms with Crippen LogP contribution in [0.5, 0.6) is 0 Å². The molecule has 0 aliphatic heterocycles. The van der Waals surface area contributed by atoms with Gasteiger partial charge in [-0.2, -0.15) is 0 Å². The van der Waals surface area contributed by atoms with Crippen LogP contribution in [-0.4, -0.2) is 6.10 Å². The first kappa shape index (κ1) is 10.6. The molecule has 0 aromatic heterocycles. The molecule has 1 atom stereocenters. The van der Waals surface area contributed by atoms with Crippen molar-refractivity contribution in [2.24, 2.45) is 11.8 Å². The SMILES string of the molecule is C=COC1CCC(C(C)CC)CC1. The van der Waals surface area contributed by atoms with E-state index in [1.54, 1.807) is 6.26 Å². The van der Waals surface area contributed by atoms with Crippen molar-refractivity contribution in [2.75, 3.05) is 0 Å². The Labute approximate surface area is 82.2 Å². The Bertz CT molecular complexity index is 145. The summed E-state index contributed by atoms with van der Waals surface area (Å²) in [6, 6.07) is 0. The first-order valence-electron chi connectivity index (χ1n) is 5.54. The Morgan fingerprint density at radius 3 is 2.46 bits per heavy atom. The highest BCUT2D eigenvalue weighted by Crippen LogP contribution is 2.32. The average molecular weight is 182 g/mol. The number of hydrogen-bond acceptors (Lipinski definition) is 1. The Morgan fingerprint density at radius 2 is 2.00 bits per heavy atom. The van der Waals surface area contributed by atoms with E-state index in [-0.39, 0.29) is 0 Å². The van der Waals surface area contributed by atoms with Gasteiger partial charge in [-0.05, 0) is 37.5 Å². The molecule has 0 radical (unpaired) electrons. The lowest BCUT2D eigenvalue weighted by Crippen LogP contribution is -2.23. The monoisotopic (exact) mass is 182 g/mol. The summed E-state index contributed by atoms with van der Waals surface area (Å²) >= 11 is 0. The van der Waals surface area contributed by atoms with Gasteiger partial charge in [-0.15, -0.1) is 0 Å². The molecule has 1 rings (SSSR count). The van der Waals surface area contributed by atoms with Gasteiger partial charge in [-0.25, -0.2) is 0 Å². The summed E-state index contributed by atoms with van der Waals surface area (Å²) < 4.78 is 5.41. The molecule has 1 unspecified atom stereocenters. The zero-order valence-corrected chi connectivity index (χ0v) is 8.96. The second-order valence-corrected chi connectivity index (χ2v) is 4.23. The Kier molecular flexibility index (Phi) is 4.34. The second-order valence-electron chi connectivity index (χ2n) is 4.23. The van der Waals surface area contributed by atoms with Crippen LogP contribution in [0.2, 0.25) is 0 Å². The smallest absolute Gasteiger partial charge is 0.0978 e. The molecule has 13 heavy (non-hydrogen) atoms. The van der Waals surface area contributed by atoms with Crippen molar-refractivity contribution in [3.63, 3.8) is 0 Å². The highest BCUT2D eigenvalue weighted by atomic mass is 16.5. The molecule has 0 amide bonds. The van der Waals surface area contributed by atoms with Crippen molar-refractivity contribution in [3.8, 4) is 0 Å². The summed E-state index contributed by atoms with van der Waals surface area (Å²) in [6.45, 7) is 8.27. The van der Waals surface area contributed by atoms with Gasteiger partial charge in [0.1, 0.15) is 0 Å². The molecule has 76 valence electrons. The van der Waals surface area contributed by atoms with Crippen molar-refractivity contribution < 1.29 is 4.74 Å². The maximum absolute atomic E-state index is 5.41. The van der Waals surface area contributed by atoms with Gasteiger partial charge in [-0.1, -0.05) is 26.8 Å². The van der Waals surface area contributed by atoms with E-state index in [1.165, 1.54) is 32.1 Å². The predicted octanol–water partition coefficient (Wildman–Crippen LogP) is 3.75. The van der Waals surface area contributed by atoms with E-state index >= 15 is 0 Å². The van der Waals surface area contributed by atoms with Crippen molar-refractivity contribution in [1.29, 1.82) is 0 Å². The molecule has 0 aromatic rings. The normalized spacial score (nSPS) is 30.9. The van der Waals surface area contributed by atoms with Crippen LogP contribution >= 0.6 is 0 Å². The molecule has 0 N–H and O–H groups in total. The van der Waals surface area contributed by atoms with Crippen molar-refractivity contribution >= 4 is 0 Å². The van der Waals surface area contributed by atoms with Crippen LogP contribution in [0.4, 0.5) is 0 Å². The number of hydrogen-bond donors (Lipinski definition) is 0. The van der Waals surface area contributed by atoms with E-state index < -0.39 is 0 Å². The van der Waals surface area contributed by atoms with Gasteiger partial charge in [0.2, 0.25) is 0 Å². The molecule has 0 bridgehead atoms. The van der Waals surface area contributed by atoms with Gasteiger partial charge < -0.3 is 4.74 Å². The Morgan fingerprint density at radius 1 is 1.38 bits per heavy atom. The predicted molar refractivity (Wildman–Crippen MR) is 56.5 cm³/mol. The minimum Gasteiger partial charge on any atom is -0.499 e. The summed E-state index contributed by atoms with van der Waals surface area (Å²) in [7, 11) is 0. The third kappa shape index (κ3) is 3.06. The van der Waals surface area contributed by atoms with Crippen LogP contribution in [0, 0.1) is 11.8 Å². The summed E-state index contributed by atoms with van der Waals surface area (Å²) in [5.41, 5.74) is 0. The van der Waals surface area contributed by atoms with Gasteiger partial charge in [0.05, 0.1) is 12.4 Å². The molecule has 1 aliphatic rings. The van der Waals surface area contributed by atoms with Gasteiger partial charge in [0.15, 0.2) is 0 Å². The first-order valence-corrected chi connectivity index (χ1v) is 5.54. The summed E-state index contributed by atoms with van der Waals surface area (Å²) in [4.78, 5) is 0. The van der Waals surface area contributed by atoms with Crippen LogP contribution in [0.3, 0.4) is 0 Å². The Hall–Kier alpha value is -0.460. The van der Waals surface area contributed by atoms with E-state index in [4.69, 9.17) is 4.74 Å². The van der Waals surface area contributed by atoms with E-state index in [0.29, 0.717) is 6.10 Å². The molecule has 1 saturated carbocycles. The van der Waals surface area contributed by atoms with Crippen LogP contribution in [0.25, 0.3) is 0 Å². The third-order valence-electron chi connectivity index (χ3n) is 3.46. The van der Waals surface area contributed by atoms with E-state index in [0.717, 1.165) is 11.8 Å². The molecule has 1 fully saturated rings. The van der Waals surface area contributed by atoms with Gasteiger partial charge in [0, 0.05) is 0 Å². The molecular formula is C12H22O. The number of ether oxygens (including phenoxy) is 1. The van der Waals surface area contributed by atoms with E-state index in [2.05, 4.69) is 20.4 Å². The van der Waals surface area contributed by atoms with Crippen molar-refractivity contribution in [3.05, 3.63) is 12.8 Å². The van der Waals surface area contributed by atoms with Gasteiger partial charge in [0.25, 0.3) is 0 Å². The largest absolute Gasteiger partial charge is 0.499 e. The van der Waals surface area contributed by atoms with Gasteiger partial charge >= 0.3 is 0 Å². The van der Waals surface area contributed by atoms with Gasteiger partial charge in [-0.3, -0.25) is 0 Å². The lowest BCUT2D eigenvalue weighted by Gasteiger charge is -2.31. The molecule has 0 spiro atoms. The fourth-order valence-corrected chi connectivity index (χ4v) is 2.26. The fraction of sp³-hybridized carbons (Fsp3) is 0.833. The molecule has 0 saturated heterocycles. The zero-order chi connectivity index (χ0) is 9.68. The van der Waals surface area contributed by atoms with Crippen LogP contribution < -0.4 is 0 Å². The van der Waals surface area contributed by atoms with E-state index in [9.17, 15) is 0 Å². The molecule has 0 heterocycles. The highest BCUT2D eigenvalue weighted by molar-refractivity contribution is 4.76. The molecule has 1 aliphatic carbocycles. The minimum absolute atomic E-state index is 0.456. The highest BCUT2D eigenvalue weighted by Gasteiger charge is 2.24.